The molecule has 6 heteroatoms. The fourth-order valence-electron chi connectivity index (χ4n) is 3.07. The van der Waals surface area contributed by atoms with Crippen LogP contribution >= 0.6 is 0 Å². The Labute approximate surface area is 119 Å². The maximum Gasteiger partial charge on any atom is 0.418 e. The number of hydrogen-bond acceptors (Lipinski definition) is 3. The minimum atomic E-state index is -0.331. The highest BCUT2D eigenvalue weighted by molar-refractivity contribution is 5.80. The van der Waals surface area contributed by atoms with Gasteiger partial charge in [-0.25, -0.2) is 18.9 Å². The quantitative estimate of drug-likeness (QED) is 0.436. The normalized spacial score (nSPS) is 13.5. The van der Waals surface area contributed by atoms with E-state index in [4.69, 9.17) is 0 Å². The van der Waals surface area contributed by atoms with E-state index in [0.717, 1.165) is 21.2 Å². The molecule has 21 heavy (non-hydrogen) atoms. The summed E-state index contributed by atoms with van der Waals surface area (Å²) in [5, 5.41) is 0. The zero-order valence-electron chi connectivity index (χ0n) is 12.2. The van der Waals surface area contributed by atoms with Gasteiger partial charge in [-0.2, -0.15) is 4.57 Å². The second kappa shape index (κ2) is 3.78. The summed E-state index contributed by atoms with van der Waals surface area (Å²) >= 11 is 0. The fraction of sp³-hybridized carbons (Fsp3) is 0.333. The molecule has 0 amide bonds. The summed E-state index contributed by atoms with van der Waals surface area (Å²) < 4.78 is 4.81. The van der Waals surface area contributed by atoms with E-state index in [-0.39, 0.29) is 11.2 Å². The summed E-state index contributed by atoms with van der Waals surface area (Å²) in [5.41, 5.74) is 4.50. The molecule has 0 unspecified atom stereocenters. The van der Waals surface area contributed by atoms with Crippen LogP contribution in [-0.2, 0) is 20.1 Å². The number of rotatable bonds is 0. The molecule has 0 N–H and O–H groups in total. The molecule has 0 aliphatic carbocycles. The van der Waals surface area contributed by atoms with Crippen molar-refractivity contribution in [2.45, 2.75) is 26.9 Å². The van der Waals surface area contributed by atoms with Gasteiger partial charge in [-0.05, 0) is 37.1 Å². The highest BCUT2D eigenvalue weighted by atomic mass is 16.2. The molecule has 1 aromatic carbocycles. The number of aryl methyl sites for hydroxylation is 4. The first-order valence-electron chi connectivity index (χ1n) is 6.93. The number of fused-ring (bicyclic) bond motifs is 2. The highest BCUT2D eigenvalue weighted by Gasteiger charge is 2.30. The molecule has 1 aliphatic heterocycles. The molecule has 0 atom stereocenters. The molecule has 0 radical (unpaired) electrons. The third kappa shape index (κ3) is 1.42. The van der Waals surface area contributed by atoms with Crippen LogP contribution in [0.25, 0.3) is 22.2 Å². The molecule has 0 bridgehead atoms. The smallest absolute Gasteiger partial charge is 0.266 e. The second-order valence-corrected chi connectivity index (χ2v) is 5.66. The monoisotopic (exact) mass is 283 g/mol. The molecule has 4 rings (SSSR count). The number of hydrogen-bond donors (Lipinski definition) is 0. The molecule has 0 fully saturated rings. The molecule has 3 heterocycles. The molecule has 2 aromatic heterocycles. The molecule has 0 saturated heterocycles. The van der Waals surface area contributed by atoms with Crippen molar-refractivity contribution in [3.63, 3.8) is 0 Å². The van der Waals surface area contributed by atoms with Crippen molar-refractivity contribution in [1.82, 2.24) is 14.1 Å². The van der Waals surface area contributed by atoms with Crippen LogP contribution in [0.4, 0.5) is 0 Å². The Morgan fingerprint density at radius 3 is 2.67 bits per heavy atom. The lowest BCUT2D eigenvalue weighted by atomic mass is 10.1. The molecule has 106 valence electrons. The standard InChI is InChI=1S/C15H15N4O2/c1-8-6-10-11(7-9(8)2)18-4-5-19-13(18)12(16-10)14(20)17(3)15(19)21/h6-7H,4-5H2,1-3H3/q+1. The number of nitrogens with zero attached hydrogens (tertiary/aromatic N) is 4. The topological polar surface area (TPSA) is 60.8 Å². The van der Waals surface area contributed by atoms with Crippen LogP contribution < -0.4 is 15.8 Å². The van der Waals surface area contributed by atoms with Crippen molar-refractivity contribution in [2.24, 2.45) is 7.05 Å². The molecule has 1 aliphatic rings. The predicted molar refractivity (Wildman–Crippen MR) is 78.4 cm³/mol. The molecule has 0 saturated carbocycles. The van der Waals surface area contributed by atoms with Gasteiger partial charge in [0.05, 0.1) is 0 Å². The lowest BCUT2D eigenvalue weighted by Crippen LogP contribution is -2.40. The molecular weight excluding hydrogens is 268 g/mol. The lowest BCUT2D eigenvalue weighted by molar-refractivity contribution is -0.637. The van der Waals surface area contributed by atoms with Gasteiger partial charge >= 0.3 is 11.3 Å². The predicted octanol–water partition coefficient (Wildman–Crippen LogP) is 0.166. The molecule has 3 aromatic rings. The Morgan fingerprint density at radius 2 is 1.90 bits per heavy atom. The molecule has 6 nitrogen and oxygen atoms in total. The summed E-state index contributed by atoms with van der Waals surface area (Å²) in [7, 11) is 1.50. The first-order chi connectivity index (χ1) is 9.99. The Balaban J connectivity index is 2.36. The number of aromatic nitrogens is 4. The summed E-state index contributed by atoms with van der Waals surface area (Å²) in [6.45, 7) is 5.36. The van der Waals surface area contributed by atoms with Crippen molar-refractivity contribution >= 4 is 22.2 Å². The summed E-state index contributed by atoms with van der Waals surface area (Å²) in [5.74, 6) is 0. The average Bonchev–Trinajstić information content (AvgIpc) is 2.90. The van der Waals surface area contributed by atoms with Gasteiger partial charge < -0.3 is 0 Å². The van der Waals surface area contributed by atoms with E-state index in [1.165, 1.54) is 12.6 Å². The maximum absolute atomic E-state index is 12.4. The SMILES string of the molecule is Cc1cc2nc3c(=O)n(C)c(=O)n4c3[n+](c2cc1C)CC4. The first-order valence-corrected chi connectivity index (χ1v) is 6.93. The highest BCUT2D eigenvalue weighted by Crippen LogP contribution is 2.18. The second-order valence-electron chi connectivity index (χ2n) is 5.66. The lowest BCUT2D eigenvalue weighted by Gasteiger charge is -2.06. The van der Waals surface area contributed by atoms with Crippen LogP contribution in [0.3, 0.4) is 0 Å². The van der Waals surface area contributed by atoms with Gasteiger partial charge in [-0.1, -0.05) is 0 Å². The fourth-order valence-corrected chi connectivity index (χ4v) is 3.07. The average molecular weight is 283 g/mol. The summed E-state index contributed by atoms with van der Waals surface area (Å²) in [4.78, 5) is 29.1. The van der Waals surface area contributed by atoms with Gasteiger partial charge in [-0.15, -0.1) is 0 Å². The molecular formula is C15H15N4O2+. The zero-order chi connectivity index (χ0) is 14.9. The van der Waals surface area contributed by atoms with E-state index in [1.54, 1.807) is 4.57 Å². The van der Waals surface area contributed by atoms with Crippen molar-refractivity contribution in [2.75, 3.05) is 0 Å². The zero-order valence-corrected chi connectivity index (χ0v) is 12.2. The third-order valence-electron chi connectivity index (χ3n) is 4.41. The van der Waals surface area contributed by atoms with E-state index in [9.17, 15) is 9.59 Å². The van der Waals surface area contributed by atoms with Crippen LogP contribution in [0.2, 0.25) is 0 Å². The largest absolute Gasteiger partial charge is 0.418 e. The summed E-state index contributed by atoms with van der Waals surface area (Å²) in [6, 6.07) is 4.08. The number of benzene rings is 1. The van der Waals surface area contributed by atoms with Crippen molar-refractivity contribution in [3.8, 4) is 0 Å². The first kappa shape index (κ1) is 12.3. The van der Waals surface area contributed by atoms with Gasteiger partial charge in [0.15, 0.2) is 5.52 Å². The van der Waals surface area contributed by atoms with E-state index in [1.807, 2.05) is 17.6 Å². The van der Waals surface area contributed by atoms with Crippen molar-refractivity contribution < 1.29 is 4.57 Å². The van der Waals surface area contributed by atoms with E-state index >= 15 is 0 Å². The van der Waals surface area contributed by atoms with Gasteiger partial charge in [0.2, 0.25) is 5.52 Å². The van der Waals surface area contributed by atoms with E-state index in [0.29, 0.717) is 24.3 Å². The minimum Gasteiger partial charge on any atom is -0.266 e. The van der Waals surface area contributed by atoms with E-state index in [2.05, 4.69) is 18.0 Å². The van der Waals surface area contributed by atoms with E-state index < -0.39 is 0 Å². The third-order valence-corrected chi connectivity index (χ3v) is 4.41. The molecule has 0 spiro atoms. The van der Waals surface area contributed by atoms with Crippen LogP contribution in [0, 0.1) is 13.8 Å². The van der Waals surface area contributed by atoms with Crippen LogP contribution in [0.15, 0.2) is 21.7 Å². The van der Waals surface area contributed by atoms with Crippen molar-refractivity contribution in [1.29, 1.82) is 0 Å². The Hall–Kier alpha value is -2.50. The summed E-state index contributed by atoms with van der Waals surface area (Å²) in [6.07, 6.45) is 0. The Morgan fingerprint density at radius 1 is 1.19 bits per heavy atom. The maximum atomic E-state index is 12.4. The van der Waals surface area contributed by atoms with Gasteiger partial charge in [-0.3, -0.25) is 4.79 Å². The van der Waals surface area contributed by atoms with Crippen LogP contribution in [0.1, 0.15) is 11.1 Å². The van der Waals surface area contributed by atoms with Crippen LogP contribution in [-0.4, -0.2) is 14.1 Å². The Bertz CT molecular complexity index is 1060. The minimum absolute atomic E-state index is 0.274. The van der Waals surface area contributed by atoms with Gasteiger partial charge in [0, 0.05) is 7.05 Å². The van der Waals surface area contributed by atoms with Gasteiger partial charge in [0.25, 0.3) is 5.56 Å². The van der Waals surface area contributed by atoms with Crippen molar-refractivity contribution in [3.05, 3.63) is 44.1 Å². The van der Waals surface area contributed by atoms with Gasteiger partial charge in [0.1, 0.15) is 18.6 Å². The Kier molecular flexibility index (Phi) is 2.21. The van der Waals surface area contributed by atoms with Crippen LogP contribution in [0.5, 0.6) is 0 Å².